The molecule has 2 rings (SSSR count). The summed E-state index contributed by atoms with van der Waals surface area (Å²) in [6, 6.07) is 19.5. The number of benzene rings is 2. The molecule has 0 saturated carbocycles. The summed E-state index contributed by atoms with van der Waals surface area (Å²) in [5, 5.41) is 0. The van der Waals surface area contributed by atoms with Gasteiger partial charge in [0.2, 0.25) is 0 Å². The first kappa shape index (κ1) is 19.1. The number of anilines is 1. The minimum Gasteiger partial charge on any atom is -0.399 e. The van der Waals surface area contributed by atoms with Crippen LogP contribution in [0.1, 0.15) is 27.7 Å². The number of para-hydroxylation sites is 1. The lowest BCUT2D eigenvalue weighted by molar-refractivity contribution is 1.50. The topological polar surface area (TPSA) is 26.0 Å². The molecule has 0 aromatic heterocycles. The van der Waals surface area contributed by atoms with E-state index in [9.17, 15) is 0 Å². The molecular formula is C16H24BrN. The molecule has 0 radical (unpaired) electrons. The molecule has 2 N–H and O–H groups in total. The van der Waals surface area contributed by atoms with Gasteiger partial charge >= 0.3 is 0 Å². The van der Waals surface area contributed by atoms with Crippen molar-refractivity contribution in [3.8, 4) is 0 Å². The number of halogens is 1. The second-order valence-corrected chi connectivity index (χ2v) is 3.62. The number of nitrogens with two attached hydrogens (primary N) is 1. The predicted octanol–water partition coefficient (Wildman–Crippen LogP) is 5.77. The van der Waals surface area contributed by atoms with Gasteiger partial charge < -0.3 is 5.73 Å². The predicted molar refractivity (Wildman–Crippen MR) is 87.7 cm³/mol. The van der Waals surface area contributed by atoms with E-state index in [0.29, 0.717) is 0 Å². The number of rotatable bonds is 0. The fourth-order valence-electron chi connectivity index (χ4n) is 0.868. The summed E-state index contributed by atoms with van der Waals surface area (Å²) in [6.07, 6.45) is 0. The summed E-state index contributed by atoms with van der Waals surface area (Å²) >= 11 is 3.31. The Kier molecular flexibility index (Phi) is 16.7. The molecule has 2 heteroatoms. The van der Waals surface area contributed by atoms with E-state index < -0.39 is 0 Å². The molecule has 2 aromatic rings. The van der Waals surface area contributed by atoms with Crippen LogP contribution in [-0.2, 0) is 0 Å². The third-order valence-electron chi connectivity index (χ3n) is 1.53. The van der Waals surface area contributed by atoms with Crippen LogP contribution in [0, 0.1) is 0 Å². The van der Waals surface area contributed by atoms with Crippen LogP contribution in [0.15, 0.2) is 65.1 Å². The van der Waals surface area contributed by atoms with Crippen molar-refractivity contribution in [2.45, 2.75) is 27.7 Å². The van der Waals surface area contributed by atoms with Gasteiger partial charge in [-0.25, -0.2) is 0 Å². The third-order valence-corrected chi connectivity index (χ3v) is 2.06. The molecule has 0 unspecified atom stereocenters. The molecule has 2 aromatic carbocycles. The summed E-state index contributed by atoms with van der Waals surface area (Å²) in [6.45, 7) is 8.00. The Hall–Kier alpha value is -1.28. The summed E-state index contributed by atoms with van der Waals surface area (Å²) < 4.78 is 1.13. The van der Waals surface area contributed by atoms with Crippen molar-refractivity contribution >= 4 is 21.6 Å². The molecule has 100 valence electrons. The summed E-state index contributed by atoms with van der Waals surface area (Å²) in [5.41, 5.74) is 6.18. The van der Waals surface area contributed by atoms with Gasteiger partial charge in [-0.05, 0) is 24.3 Å². The summed E-state index contributed by atoms with van der Waals surface area (Å²) in [5.74, 6) is 0. The Morgan fingerprint density at radius 3 is 1.17 bits per heavy atom. The Balaban J connectivity index is 0. The molecule has 0 fully saturated rings. The van der Waals surface area contributed by atoms with Crippen molar-refractivity contribution < 1.29 is 0 Å². The van der Waals surface area contributed by atoms with Crippen molar-refractivity contribution in [1.82, 2.24) is 0 Å². The third kappa shape index (κ3) is 12.8. The highest BCUT2D eigenvalue weighted by molar-refractivity contribution is 9.10. The first-order valence-electron chi connectivity index (χ1n) is 6.30. The highest BCUT2D eigenvalue weighted by atomic mass is 79.9. The first-order chi connectivity index (χ1) is 8.79. The van der Waals surface area contributed by atoms with E-state index in [-0.39, 0.29) is 0 Å². The zero-order valence-corrected chi connectivity index (χ0v) is 13.3. The largest absolute Gasteiger partial charge is 0.399 e. The Morgan fingerprint density at radius 2 is 1.00 bits per heavy atom. The average Bonchev–Trinajstić information content (AvgIpc) is 2.46. The average molecular weight is 310 g/mol. The first-order valence-corrected chi connectivity index (χ1v) is 7.09. The van der Waals surface area contributed by atoms with Gasteiger partial charge in [-0.15, -0.1) is 0 Å². The molecule has 0 aliphatic rings. The van der Waals surface area contributed by atoms with Gasteiger partial charge in [-0.3, -0.25) is 0 Å². The van der Waals surface area contributed by atoms with Crippen LogP contribution >= 0.6 is 15.9 Å². The molecule has 1 nitrogen and oxygen atoms in total. The van der Waals surface area contributed by atoms with Gasteiger partial charge in [-0.2, -0.15) is 0 Å². The van der Waals surface area contributed by atoms with Crippen LogP contribution in [-0.4, -0.2) is 0 Å². The van der Waals surface area contributed by atoms with Crippen LogP contribution in [0.5, 0.6) is 0 Å². The Bertz CT molecular complexity index is 308. The van der Waals surface area contributed by atoms with Gasteiger partial charge in [0, 0.05) is 10.2 Å². The quantitative estimate of drug-likeness (QED) is 0.614. The summed E-state index contributed by atoms with van der Waals surface area (Å²) in [7, 11) is 0. The molecule has 0 amide bonds. The van der Waals surface area contributed by atoms with Crippen molar-refractivity contribution in [2.24, 2.45) is 0 Å². The second kappa shape index (κ2) is 15.7. The zero-order chi connectivity index (χ0) is 14.2. The smallest absolute Gasteiger partial charge is 0.0313 e. The molecule has 0 aliphatic heterocycles. The maximum Gasteiger partial charge on any atom is 0.0313 e. The SMILES string of the molecule is Brc1ccccc1.CC.CC.Nc1ccccc1. The number of hydrogen-bond donors (Lipinski definition) is 1. The number of hydrogen-bond acceptors (Lipinski definition) is 1. The maximum absolute atomic E-state index is 5.36. The minimum atomic E-state index is 0.822. The monoisotopic (exact) mass is 309 g/mol. The van der Waals surface area contributed by atoms with Crippen molar-refractivity contribution in [2.75, 3.05) is 5.73 Å². The summed E-state index contributed by atoms with van der Waals surface area (Å²) in [4.78, 5) is 0. The van der Waals surface area contributed by atoms with Crippen LogP contribution in [0.25, 0.3) is 0 Å². The molecule has 0 saturated heterocycles. The fraction of sp³-hybridized carbons (Fsp3) is 0.250. The molecular weight excluding hydrogens is 286 g/mol. The molecule has 0 aliphatic carbocycles. The molecule has 0 spiro atoms. The van der Waals surface area contributed by atoms with Crippen molar-refractivity contribution in [3.05, 3.63) is 65.1 Å². The van der Waals surface area contributed by atoms with E-state index >= 15 is 0 Å². The van der Waals surface area contributed by atoms with Gasteiger partial charge in [0.15, 0.2) is 0 Å². The van der Waals surface area contributed by atoms with Crippen LogP contribution in [0.3, 0.4) is 0 Å². The lowest BCUT2D eigenvalue weighted by atomic mass is 10.3. The number of nitrogen functional groups attached to an aromatic ring is 1. The highest BCUT2D eigenvalue weighted by Gasteiger charge is 1.74. The van der Waals surface area contributed by atoms with Crippen molar-refractivity contribution in [1.29, 1.82) is 0 Å². The van der Waals surface area contributed by atoms with Crippen LogP contribution < -0.4 is 5.73 Å². The van der Waals surface area contributed by atoms with Gasteiger partial charge in [-0.1, -0.05) is 80.0 Å². The fourth-order valence-corrected chi connectivity index (χ4v) is 1.17. The lowest BCUT2D eigenvalue weighted by Crippen LogP contribution is -1.79. The van der Waals surface area contributed by atoms with E-state index in [4.69, 9.17) is 5.73 Å². The minimum absolute atomic E-state index is 0.822. The van der Waals surface area contributed by atoms with E-state index in [1.165, 1.54) is 0 Å². The maximum atomic E-state index is 5.36. The Labute approximate surface area is 120 Å². The highest BCUT2D eigenvalue weighted by Crippen LogP contribution is 2.05. The van der Waals surface area contributed by atoms with Gasteiger partial charge in [0.25, 0.3) is 0 Å². The van der Waals surface area contributed by atoms with Crippen LogP contribution in [0.2, 0.25) is 0 Å². The van der Waals surface area contributed by atoms with E-state index in [2.05, 4.69) is 15.9 Å². The van der Waals surface area contributed by atoms with E-state index in [1.807, 2.05) is 88.4 Å². The van der Waals surface area contributed by atoms with Crippen molar-refractivity contribution in [3.63, 3.8) is 0 Å². The molecule has 18 heavy (non-hydrogen) atoms. The second-order valence-electron chi connectivity index (χ2n) is 2.71. The van der Waals surface area contributed by atoms with Crippen LogP contribution in [0.4, 0.5) is 5.69 Å². The van der Waals surface area contributed by atoms with Gasteiger partial charge in [0.05, 0.1) is 0 Å². The molecule has 0 bridgehead atoms. The Morgan fingerprint density at radius 1 is 0.667 bits per heavy atom. The van der Waals surface area contributed by atoms with E-state index in [0.717, 1.165) is 10.2 Å². The molecule has 0 atom stereocenters. The van der Waals surface area contributed by atoms with Gasteiger partial charge in [0.1, 0.15) is 0 Å². The molecule has 0 heterocycles. The van der Waals surface area contributed by atoms with E-state index in [1.54, 1.807) is 0 Å². The zero-order valence-electron chi connectivity index (χ0n) is 11.7. The normalized spacial score (nSPS) is 7.39. The standard InChI is InChI=1S/C6H5Br.C6H7N.2C2H6/c2*7-6-4-2-1-3-5-6;2*1-2/h1-5H;1-5H,7H2;2*1-2H3. The lowest BCUT2D eigenvalue weighted by Gasteiger charge is -1.83.